The van der Waals surface area contributed by atoms with E-state index in [4.69, 9.17) is 27.9 Å². The predicted octanol–water partition coefficient (Wildman–Crippen LogP) is 3.17. The SMILES string of the molecule is CN(C)C(=O)COc1ccccc1C(=O)N(C)CC(=O)Nc1ccc(Cl)c(Cl)c1. The van der Waals surface area contributed by atoms with Crippen molar-refractivity contribution in [2.24, 2.45) is 0 Å². The number of ether oxygens (including phenoxy) is 1. The minimum atomic E-state index is -0.415. The second-order valence-electron chi connectivity index (χ2n) is 6.41. The van der Waals surface area contributed by atoms with E-state index in [2.05, 4.69) is 5.32 Å². The Labute approximate surface area is 179 Å². The maximum atomic E-state index is 12.8. The first-order chi connectivity index (χ1) is 13.7. The van der Waals surface area contributed by atoms with Crippen molar-refractivity contribution in [3.63, 3.8) is 0 Å². The summed E-state index contributed by atoms with van der Waals surface area (Å²) in [4.78, 5) is 39.4. The van der Waals surface area contributed by atoms with Crippen molar-refractivity contribution in [1.82, 2.24) is 9.80 Å². The van der Waals surface area contributed by atoms with Crippen molar-refractivity contribution < 1.29 is 19.1 Å². The van der Waals surface area contributed by atoms with E-state index in [1.165, 1.54) is 22.9 Å². The highest BCUT2D eigenvalue weighted by Crippen LogP contribution is 2.25. The number of carbonyl (C=O) groups excluding carboxylic acids is 3. The van der Waals surface area contributed by atoms with E-state index < -0.39 is 11.8 Å². The largest absolute Gasteiger partial charge is 0.483 e. The molecule has 0 spiro atoms. The fourth-order valence-electron chi connectivity index (χ4n) is 2.31. The average Bonchev–Trinajstić information content (AvgIpc) is 2.68. The Hall–Kier alpha value is -2.77. The lowest BCUT2D eigenvalue weighted by atomic mass is 10.1. The highest BCUT2D eigenvalue weighted by Gasteiger charge is 2.19. The fourth-order valence-corrected chi connectivity index (χ4v) is 2.60. The van der Waals surface area contributed by atoms with Gasteiger partial charge in [-0.15, -0.1) is 0 Å². The number of rotatable bonds is 7. The van der Waals surface area contributed by atoms with Crippen molar-refractivity contribution in [3.05, 3.63) is 58.1 Å². The third kappa shape index (κ3) is 6.37. The van der Waals surface area contributed by atoms with Gasteiger partial charge in [-0.1, -0.05) is 35.3 Å². The number of nitrogens with zero attached hydrogens (tertiary/aromatic N) is 2. The molecule has 0 aliphatic carbocycles. The molecule has 29 heavy (non-hydrogen) atoms. The van der Waals surface area contributed by atoms with Crippen LogP contribution in [0.4, 0.5) is 5.69 Å². The van der Waals surface area contributed by atoms with Gasteiger partial charge in [0.15, 0.2) is 6.61 Å². The number of likely N-dealkylation sites (N-methyl/N-ethyl adjacent to an activating group) is 2. The molecule has 9 heteroatoms. The molecule has 0 bridgehead atoms. The van der Waals surface area contributed by atoms with Gasteiger partial charge in [0.1, 0.15) is 5.75 Å². The van der Waals surface area contributed by atoms with Crippen LogP contribution in [-0.4, -0.2) is 61.8 Å². The van der Waals surface area contributed by atoms with Crippen molar-refractivity contribution in [3.8, 4) is 5.75 Å². The van der Waals surface area contributed by atoms with Crippen LogP contribution >= 0.6 is 23.2 Å². The lowest BCUT2D eigenvalue weighted by molar-refractivity contribution is -0.130. The molecular weight excluding hydrogens is 417 g/mol. The summed E-state index contributed by atoms with van der Waals surface area (Å²) in [6.07, 6.45) is 0. The van der Waals surface area contributed by atoms with Crippen LogP contribution in [0.15, 0.2) is 42.5 Å². The zero-order valence-electron chi connectivity index (χ0n) is 16.2. The Kier molecular flexibility index (Phi) is 7.87. The molecule has 2 rings (SSSR count). The molecule has 154 valence electrons. The summed E-state index contributed by atoms with van der Waals surface area (Å²) in [5, 5.41) is 3.35. The number of amides is 3. The number of para-hydroxylation sites is 1. The Morgan fingerprint density at radius 3 is 2.34 bits per heavy atom. The molecule has 0 radical (unpaired) electrons. The summed E-state index contributed by atoms with van der Waals surface area (Å²) in [5.41, 5.74) is 0.722. The summed E-state index contributed by atoms with van der Waals surface area (Å²) in [5.74, 6) is -0.784. The molecule has 0 fully saturated rings. The topological polar surface area (TPSA) is 79.0 Å². The van der Waals surface area contributed by atoms with Crippen LogP contribution in [0.3, 0.4) is 0 Å². The fraction of sp³-hybridized carbons (Fsp3) is 0.250. The van der Waals surface area contributed by atoms with Gasteiger partial charge in [-0.2, -0.15) is 0 Å². The molecule has 0 unspecified atom stereocenters. The highest BCUT2D eigenvalue weighted by molar-refractivity contribution is 6.42. The van der Waals surface area contributed by atoms with Gasteiger partial charge in [0.25, 0.3) is 11.8 Å². The number of benzene rings is 2. The quantitative estimate of drug-likeness (QED) is 0.721. The van der Waals surface area contributed by atoms with Gasteiger partial charge in [-0.3, -0.25) is 14.4 Å². The van der Waals surface area contributed by atoms with Gasteiger partial charge in [0.05, 0.1) is 22.2 Å². The summed E-state index contributed by atoms with van der Waals surface area (Å²) in [6.45, 7) is -0.386. The van der Waals surface area contributed by atoms with Crippen LogP contribution < -0.4 is 10.1 Å². The molecule has 0 aliphatic rings. The second-order valence-corrected chi connectivity index (χ2v) is 7.23. The summed E-state index contributed by atoms with van der Waals surface area (Å²) in [6, 6.07) is 11.2. The first-order valence-corrected chi connectivity index (χ1v) is 9.37. The molecule has 0 saturated heterocycles. The highest BCUT2D eigenvalue weighted by atomic mass is 35.5. The summed E-state index contributed by atoms with van der Waals surface area (Å²) >= 11 is 11.8. The summed E-state index contributed by atoms with van der Waals surface area (Å²) in [7, 11) is 4.73. The lowest BCUT2D eigenvalue weighted by Crippen LogP contribution is -2.35. The van der Waals surface area contributed by atoms with Gasteiger partial charge in [-0.05, 0) is 30.3 Å². The summed E-state index contributed by atoms with van der Waals surface area (Å²) < 4.78 is 5.49. The standard InChI is InChI=1S/C20H21Cl2N3O4/c1-24(2)19(27)12-29-17-7-5-4-6-14(17)20(28)25(3)11-18(26)23-13-8-9-15(21)16(22)10-13/h4-10H,11-12H2,1-3H3,(H,23,26). The number of nitrogens with one attached hydrogen (secondary N) is 1. The minimum Gasteiger partial charge on any atom is -0.483 e. The Morgan fingerprint density at radius 1 is 1.00 bits per heavy atom. The lowest BCUT2D eigenvalue weighted by Gasteiger charge is -2.19. The van der Waals surface area contributed by atoms with Crippen LogP contribution in [0.25, 0.3) is 0 Å². The molecule has 3 amide bonds. The van der Waals surface area contributed by atoms with Gasteiger partial charge >= 0.3 is 0 Å². The maximum Gasteiger partial charge on any atom is 0.259 e. The third-order valence-electron chi connectivity index (χ3n) is 3.90. The van der Waals surface area contributed by atoms with Gasteiger partial charge < -0.3 is 19.9 Å². The average molecular weight is 438 g/mol. The maximum absolute atomic E-state index is 12.8. The van der Waals surface area contributed by atoms with E-state index in [0.29, 0.717) is 15.7 Å². The van der Waals surface area contributed by atoms with Gasteiger partial charge in [0, 0.05) is 26.8 Å². The zero-order chi connectivity index (χ0) is 21.6. The number of anilines is 1. The van der Waals surface area contributed by atoms with Crippen molar-refractivity contribution in [1.29, 1.82) is 0 Å². The predicted molar refractivity (Wildman–Crippen MR) is 113 cm³/mol. The number of carbonyl (C=O) groups is 3. The minimum absolute atomic E-state index is 0.190. The number of halogens is 2. The molecule has 0 aromatic heterocycles. The van der Waals surface area contributed by atoms with Crippen LogP contribution in [0.2, 0.25) is 10.0 Å². The van der Waals surface area contributed by atoms with E-state index in [0.717, 1.165) is 0 Å². The van der Waals surface area contributed by atoms with E-state index >= 15 is 0 Å². The first-order valence-electron chi connectivity index (χ1n) is 8.61. The van der Waals surface area contributed by atoms with Crippen LogP contribution in [0.1, 0.15) is 10.4 Å². The molecule has 2 aromatic carbocycles. The van der Waals surface area contributed by atoms with Gasteiger partial charge in [-0.25, -0.2) is 0 Å². The van der Waals surface area contributed by atoms with E-state index in [9.17, 15) is 14.4 Å². The van der Waals surface area contributed by atoms with Crippen molar-refractivity contribution in [2.45, 2.75) is 0 Å². The van der Waals surface area contributed by atoms with Gasteiger partial charge in [0.2, 0.25) is 5.91 Å². The molecule has 0 atom stereocenters. The van der Waals surface area contributed by atoms with E-state index in [1.807, 2.05) is 0 Å². The van der Waals surface area contributed by atoms with Crippen LogP contribution in [-0.2, 0) is 9.59 Å². The van der Waals surface area contributed by atoms with Crippen molar-refractivity contribution >= 4 is 46.6 Å². The smallest absolute Gasteiger partial charge is 0.259 e. The van der Waals surface area contributed by atoms with Crippen LogP contribution in [0.5, 0.6) is 5.75 Å². The molecule has 2 aromatic rings. The number of hydrogen-bond donors (Lipinski definition) is 1. The monoisotopic (exact) mass is 437 g/mol. The first kappa shape index (κ1) is 22.5. The molecule has 0 saturated carbocycles. The zero-order valence-corrected chi connectivity index (χ0v) is 17.8. The third-order valence-corrected chi connectivity index (χ3v) is 4.64. The molecule has 0 aliphatic heterocycles. The second kappa shape index (κ2) is 10.1. The van der Waals surface area contributed by atoms with E-state index in [1.54, 1.807) is 50.5 Å². The van der Waals surface area contributed by atoms with E-state index in [-0.39, 0.29) is 30.4 Å². The molecule has 0 heterocycles. The molecule has 1 N–H and O–H groups in total. The number of hydrogen-bond acceptors (Lipinski definition) is 4. The molecule has 7 nitrogen and oxygen atoms in total. The van der Waals surface area contributed by atoms with Crippen LogP contribution in [0, 0.1) is 0 Å². The Morgan fingerprint density at radius 2 is 1.69 bits per heavy atom. The van der Waals surface area contributed by atoms with Crippen molar-refractivity contribution in [2.75, 3.05) is 39.6 Å². The Bertz CT molecular complexity index is 918. The normalized spacial score (nSPS) is 10.2. The Balaban J connectivity index is 2.03. The molecular formula is C20H21Cl2N3O4.